The molecule has 6 nitrogen and oxygen atoms in total. The molecule has 1 N–H and O–H groups in total. The van der Waals surface area contributed by atoms with Crippen LogP contribution in [0, 0.1) is 11.3 Å². The van der Waals surface area contributed by atoms with E-state index in [9.17, 15) is 9.59 Å². The van der Waals surface area contributed by atoms with Gasteiger partial charge in [0.25, 0.3) is 5.91 Å². The molecule has 0 atom stereocenters. The number of carbonyl (C=O) groups is 2. The number of fused-ring (bicyclic) bond motifs is 1. The number of para-hydroxylation sites is 1. The number of amides is 1. The number of nitrogens with one attached hydrogen (secondary N) is 1. The molecule has 0 saturated carbocycles. The van der Waals surface area contributed by atoms with Crippen molar-refractivity contribution in [3.8, 4) is 11.8 Å². The third kappa shape index (κ3) is 4.31. The normalized spacial score (nSPS) is 10.7. The largest absolute Gasteiger partial charge is 0.422 e. The highest BCUT2D eigenvalue weighted by molar-refractivity contribution is 7.21. The lowest BCUT2D eigenvalue weighted by molar-refractivity contribution is -0.120. The Labute approximate surface area is 163 Å². The second-order valence-electron chi connectivity index (χ2n) is 5.30. The zero-order chi connectivity index (χ0) is 19.2. The van der Waals surface area contributed by atoms with Crippen molar-refractivity contribution in [3.05, 3.63) is 64.0 Å². The van der Waals surface area contributed by atoms with Crippen LogP contribution in [0.15, 0.2) is 53.6 Å². The van der Waals surface area contributed by atoms with Gasteiger partial charge in [-0.3, -0.25) is 4.79 Å². The minimum Gasteiger partial charge on any atom is -0.422 e. The van der Waals surface area contributed by atoms with Crippen molar-refractivity contribution in [2.45, 2.75) is 6.42 Å². The van der Waals surface area contributed by atoms with E-state index >= 15 is 0 Å². The topological polar surface area (TPSA) is 91.6 Å². The van der Waals surface area contributed by atoms with Crippen molar-refractivity contribution in [3.63, 3.8) is 0 Å². The van der Waals surface area contributed by atoms with E-state index in [4.69, 9.17) is 21.6 Å². The zero-order valence-corrected chi connectivity index (χ0v) is 15.4. The molecule has 8 heteroatoms. The first-order chi connectivity index (χ1) is 13.1. The van der Waals surface area contributed by atoms with Crippen LogP contribution in [0.25, 0.3) is 10.1 Å². The van der Waals surface area contributed by atoms with Crippen LogP contribution in [0.3, 0.4) is 0 Å². The Morgan fingerprint density at radius 1 is 1.22 bits per heavy atom. The van der Waals surface area contributed by atoms with Gasteiger partial charge < -0.3 is 4.74 Å². The number of hydrazone groups is 1. The summed E-state index contributed by atoms with van der Waals surface area (Å²) in [4.78, 5) is 24.1. The van der Waals surface area contributed by atoms with Gasteiger partial charge in [0.1, 0.15) is 17.0 Å². The van der Waals surface area contributed by atoms with Crippen molar-refractivity contribution in [2.24, 2.45) is 5.10 Å². The molecular formula is C19H12ClN3O3S. The molecule has 0 saturated heterocycles. The fourth-order valence-corrected chi connectivity index (χ4v) is 3.64. The molecule has 2 aromatic carbocycles. The highest BCUT2D eigenvalue weighted by Crippen LogP contribution is 2.35. The van der Waals surface area contributed by atoms with E-state index in [0.717, 1.165) is 10.1 Å². The smallest absolute Gasteiger partial charge is 0.355 e. The number of esters is 1. The molecule has 0 radical (unpaired) electrons. The van der Waals surface area contributed by atoms with Gasteiger partial charge in [-0.1, -0.05) is 41.9 Å². The molecule has 1 amide bonds. The number of rotatable bonds is 5. The lowest BCUT2D eigenvalue weighted by Gasteiger charge is -2.06. The van der Waals surface area contributed by atoms with Gasteiger partial charge >= 0.3 is 5.97 Å². The quantitative estimate of drug-likeness (QED) is 0.303. The summed E-state index contributed by atoms with van der Waals surface area (Å²) >= 11 is 7.57. The van der Waals surface area contributed by atoms with Crippen LogP contribution >= 0.6 is 22.9 Å². The molecule has 0 aliphatic heterocycles. The van der Waals surface area contributed by atoms with Crippen LogP contribution in [0.1, 0.15) is 21.7 Å². The number of benzene rings is 2. The van der Waals surface area contributed by atoms with Crippen molar-refractivity contribution >= 4 is 51.1 Å². The third-order valence-electron chi connectivity index (χ3n) is 3.47. The van der Waals surface area contributed by atoms with Crippen LogP contribution in [0.2, 0.25) is 5.02 Å². The molecule has 1 heterocycles. The van der Waals surface area contributed by atoms with E-state index in [0.29, 0.717) is 15.5 Å². The molecule has 1 aromatic heterocycles. The number of ether oxygens (including phenoxy) is 1. The number of nitriles is 1. The molecule has 134 valence electrons. The fraction of sp³-hybridized carbons (Fsp3) is 0.0526. The Kier molecular flexibility index (Phi) is 5.81. The van der Waals surface area contributed by atoms with E-state index in [1.54, 1.807) is 30.3 Å². The highest BCUT2D eigenvalue weighted by Gasteiger charge is 2.19. The van der Waals surface area contributed by atoms with E-state index in [2.05, 4.69) is 10.5 Å². The fourth-order valence-electron chi connectivity index (χ4n) is 2.26. The number of thiophene rings is 1. The number of hydrogen-bond donors (Lipinski definition) is 1. The minimum absolute atomic E-state index is 0.273. The van der Waals surface area contributed by atoms with Crippen LogP contribution in [-0.2, 0) is 4.79 Å². The maximum absolute atomic E-state index is 12.6. The summed E-state index contributed by atoms with van der Waals surface area (Å²) in [6.07, 6.45) is 1.04. The number of hydrogen-bond acceptors (Lipinski definition) is 6. The summed E-state index contributed by atoms with van der Waals surface area (Å²) in [7, 11) is 0. The van der Waals surface area contributed by atoms with Crippen LogP contribution < -0.4 is 10.2 Å². The van der Waals surface area contributed by atoms with Gasteiger partial charge in [-0.2, -0.15) is 10.4 Å². The van der Waals surface area contributed by atoms with Gasteiger partial charge in [0, 0.05) is 15.6 Å². The first kappa shape index (κ1) is 18.6. The van der Waals surface area contributed by atoms with E-state index in [1.807, 2.05) is 24.3 Å². The Morgan fingerprint density at radius 3 is 2.74 bits per heavy atom. The molecule has 0 fully saturated rings. The minimum atomic E-state index is -0.574. The van der Waals surface area contributed by atoms with Crippen molar-refractivity contribution < 1.29 is 14.3 Å². The van der Waals surface area contributed by atoms with E-state index in [-0.39, 0.29) is 12.2 Å². The Morgan fingerprint density at radius 2 is 1.96 bits per heavy atom. The Balaban J connectivity index is 1.80. The van der Waals surface area contributed by atoms with Gasteiger partial charge in [-0.15, -0.1) is 11.3 Å². The molecular weight excluding hydrogens is 386 g/mol. The van der Waals surface area contributed by atoms with Crippen molar-refractivity contribution in [1.82, 2.24) is 5.43 Å². The Bertz CT molecular complexity index is 1090. The van der Waals surface area contributed by atoms with Crippen LogP contribution in [-0.4, -0.2) is 18.1 Å². The molecule has 0 spiro atoms. The Hall–Kier alpha value is -3.21. The van der Waals surface area contributed by atoms with Crippen molar-refractivity contribution in [2.75, 3.05) is 0 Å². The lowest BCUT2D eigenvalue weighted by atomic mass is 10.2. The second kappa shape index (κ2) is 8.45. The predicted octanol–water partition coefficient (Wildman–Crippen LogP) is 4.14. The predicted molar refractivity (Wildman–Crippen MR) is 104 cm³/mol. The molecule has 0 bridgehead atoms. The summed E-state index contributed by atoms with van der Waals surface area (Å²) in [6.45, 7) is 0. The van der Waals surface area contributed by atoms with Gasteiger partial charge in [0.2, 0.25) is 0 Å². The summed E-state index contributed by atoms with van der Waals surface area (Å²) in [5.41, 5.74) is 2.71. The average molecular weight is 398 g/mol. The van der Waals surface area contributed by atoms with Gasteiger partial charge in [0.15, 0.2) is 0 Å². The van der Waals surface area contributed by atoms with E-state index in [1.165, 1.54) is 17.6 Å². The van der Waals surface area contributed by atoms with Gasteiger partial charge in [0.05, 0.1) is 17.3 Å². The molecule has 0 unspecified atom stereocenters. The zero-order valence-electron chi connectivity index (χ0n) is 13.8. The first-order valence-electron chi connectivity index (χ1n) is 7.77. The highest BCUT2D eigenvalue weighted by atomic mass is 35.5. The van der Waals surface area contributed by atoms with Crippen LogP contribution in [0.4, 0.5) is 0 Å². The molecule has 0 aliphatic rings. The summed E-state index contributed by atoms with van der Waals surface area (Å²) in [5, 5.41) is 13.4. The molecule has 0 aliphatic carbocycles. The second-order valence-corrected chi connectivity index (χ2v) is 6.73. The van der Waals surface area contributed by atoms with E-state index < -0.39 is 11.9 Å². The lowest BCUT2D eigenvalue weighted by Crippen LogP contribution is -2.16. The maximum Gasteiger partial charge on any atom is 0.355 e. The summed E-state index contributed by atoms with van der Waals surface area (Å²) in [5.74, 6) is -0.829. The van der Waals surface area contributed by atoms with Gasteiger partial charge in [-0.05, 0) is 18.2 Å². The van der Waals surface area contributed by atoms with Crippen molar-refractivity contribution in [1.29, 1.82) is 5.26 Å². The summed E-state index contributed by atoms with van der Waals surface area (Å²) < 4.78 is 6.37. The molecule has 3 aromatic rings. The number of nitrogens with zero attached hydrogens (tertiary/aromatic N) is 2. The van der Waals surface area contributed by atoms with Gasteiger partial charge in [-0.25, -0.2) is 10.2 Å². The molecule has 3 rings (SSSR count). The monoisotopic (exact) mass is 397 g/mol. The molecule has 27 heavy (non-hydrogen) atoms. The third-order valence-corrected chi connectivity index (χ3v) is 5.13. The first-order valence-corrected chi connectivity index (χ1v) is 8.96. The standard InChI is InChI=1S/C19H12ClN3O3S/c20-17-13-6-2-4-8-15(13)27-18(17)19(25)26-14-7-3-1-5-12(14)11-22-23-16(24)9-10-21/h1-8,11H,9H2,(H,23,24)/b22-11-. The SMILES string of the molecule is N#CCC(=O)N/N=C\c1ccccc1OC(=O)c1sc2ccccc2c1Cl. The summed E-state index contributed by atoms with van der Waals surface area (Å²) in [6, 6.07) is 15.9. The maximum atomic E-state index is 12.6. The van der Waals surface area contributed by atoms with Crippen LogP contribution in [0.5, 0.6) is 5.75 Å². The number of carbonyl (C=O) groups excluding carboxylic acids is 2. The average Bonchev–Trinajstić information content (AvgIpc) is 3.00. The number of halogens is 1.